The molecule has 1 aliphatic rings. The minimum absolute atomic E-state index is 0.00688. The van der Waals surface area contributed by atoms with E-state index in [-0.39, 0.29) is 11.3 Å². The number of carbonyl (C=O) groups excluding carboxylic acids is 1. The van der Waals surface area contributed by atoms with Crippen molar-refractivity contribution in [2.75, 3.05) is 38.8 Å². The first kappa shape index (κ1) is 17.0. The Morgan fingerprint density at radius 2 is 2.08 bits per heavy atom. The third-order valence-electron chi connectivity index (χ3n) is 4.80. The van der Waals surface area contributed by atoms with Gasteiger partial charge in [-0.05, 0) is 53.4 Å². The smallest absolute Gasteiger partial charge is 0.251 e. The number of nitrogens with zero attached hydrogens (tertiary/aromatic N) is 1. The molecule has 0 radical (unpaired) electrons. The van der Waals surface area contributed by atoms with Gasteiger partial charge in [0.2, 0.25) is 0 Å². The normalized spacial score (nSPS) is 16.6. The quantitative estimate of drug-likeness (QED) is 0.905. The van der Waals surface area contributed by atoms with Crippen LogP contribution >= 0.6 is 11.3 Å². The number of amides is 1. The Kier molecular flexibility index (Phi) is 5.21. The Bertz CT molecular complexity index is 676. The van der Waals surface area contributed by atoms with Gasteiger partial charge in [0, 0.05) is 50.5 Å². The summed E-state index contributed by atoms with van der Waals surface area (Å²) in [6.07, 6.45) is 1.89. The van der Waals surface area contributed by atoms with Crippen molar-refractivity contribution in [1.82, 2.24) is 5.32 Å². The number of carbonyl (C=O) groups is 1. The molecule has 1 N–H and O–H groups in total. The van der Waals surface area contributed by atoms with Gasteiger partial charge in [-0.25, -0.2) is 0 Å². The third-order valence-corrected chi connectivity index (χ3v) is 5.48. The zero-order valence-corrected chi connectivity index (χ0v) is 15.1. The Balaban J connectivity index is 1.73. The van der Waals surface area contributed by atoms with Crippen LogP contribution in [0, 0.1) is 0 Å². The Morgan fingerprint density at radius 1 is 1.29 bits per heavy atom. The van der Waals surface area contributed by atoms with Crippen LogP contribution in [0.25, 0.3) is 0 Å². The lowest BCUT2D eigenvalue weighted by molar-refractivity contribution is 0.0488. The summed E-state index contributed by atoms with van der Waals surface area (Å²) in [5.41, 5.74) is 3.04. The maximum atomic E-state index is 12.6. The van der Waals surface area contributed by atoms with Crippen molar-refractivity contribution in [3.63, 3.8) is 0 Å². The zero-order valence-electron chi connectivity index (χ0n) is 14.2. The second-order valence-electron chi connectivity index (χ2n) is 6.53. The van der Waals surface area contributed by atoms with E-state index in [2.05, 4.69) is 22.1 Å². The van der Waals surface area contributed by atoms with Crippen molar-refractivity contribution in [2.24, 2.45) is 0 Å². The first-order valence-electron chi connectivity index (χ1n) is 8.27. The number of benzene rings is 1. The molecular formula is C19H24N2O2S. The van der Waals surface area contributed by atoms with Gasteiger partial charge in [-0.3, -0.25) is 4.79 Å². The van der Waals surface area contributed by atoms with Crippen LogP contribution in [0.5, 0.6) is 0 Å². The van der Waals surface area contributed by atoms with E-state index in [1.54, 1.807) is 11.3 Å². The third kappa shape index (κ3) is 3.62. The average Bonchev–Trinajstić information content (AvgIpc) is 3.16. The van der Waals surface area contributed by atoms with Gasteiger partial charge >= 0.3 is 0 Å². The maximum absolute atomic E-state index is 12.6. The second-order valence-corrected chi connectivity index (χ2v) is 7.31. The number of hydrogen-bond acceptors (Lipinski definition) is 4. The van der Waals surface area contributed by atoms with Crippen molar-refractivity contribution in [2.45, 2.75) is 18.3 Å². The van der Waals surface area contributed by atoms with Gasteiger partial charge in [-0.15, -0.1) is 0 Å². The first-order valence-corrected chi connectivity index (χ1v) is 9.21. The van der Waals surface area contributed by atoms with E-state index in [4.69, 9.17) is 4.74 Å². The van der Waals surface area contributed by atoms with Crippen molar-refractivity contribution in [3.05, 3.63) is 52.2 Å². The van der Waals surface area contributed by atoms with Crippen LogP contribution in [0.1, 0.15) is 28.8 Å². The van der Waals surface area contributed by atoms with Gasteiger partial charge in [-0.2, -0.15) is 11.3 Å². The van der Waals surface area contributed by atoms with Crippen LogP contribution < -0.4 is 10.2 Å². The van der Waals surface area contributed by atoms with E-state index in [1.807, 2.05) is 43.3 Å². The fraction of sp³-hybridized carbons (Fsp3) is 0.421. The van der Waals surface area contributed by atoms with E-state index in [0.717, 1.165) is 31.7 Å². The van der Waals surface area contributed by atoms with Crippen molar-refractivity contribution in [3.8, 4) is 0 Å². The summed E-state index contributed by atoms with van der Waals surface area (Å²) in [4.78, 5) is 14.6. The summed E-state index contributed by atoms with van der Waals surface area (Å²) >= 11 is 1.71. The van der Waals surface area contributed by atoms with Gasteiger partial charge in [0.15, 0.2) is 0 Å². The number of rotatable bonds is 5. The minimum Gasteiger partial charge on any atom is -0.381 e. The molecule has 0 aliphatic carbocycles. The molecule has 0 unspecified atom stereocenters. The molecule has 4 nitrogen and oxygen atoms in total. The molecule has 1 fully saturated rings. The van der Waals surface area contributed by atoms with Crippen LogP contribution in [0.15, 0.2) is 41.1 Å². The zero-order chi connectivity index (χ0) is 17.0. The number of anilines is 1. The molecule has 1 saturated heterocycles. The molecule has 1 aliphatic heterocycles. The Hall–Kier alpha value is -1.85. The molecule has 5 heteroatoms. The molecule has 128 valence electrons. The van der Waals surface area contributed by atoms with E-state index in [9.17, 15) is 4.79 Å². The Morgan fingerprint density at radius 3 is 2.75 bits per heavy atom. The van der Waals surface area contributed by atoms with Crippen molar-refractivity contribution in [1.29, 1.82) is 0 Å². The molecule has 1 aromatic carbocycles. The summed E-state index contributed by atoms with van der Waals surface area (Å²) in [7, 11) is 3.95. The largest absolute Gasteiger partial charge is 0.381 e. The minimum atomic E-state index is -0.0141. The molecule has 2 heterocycles. The highest BCUT2D eigenvalue weighted by atomic mass is 32.1. The molecule has 2 aromatic rings. The lowest BCUT2D eigenvalue weighted by Gasteiger charge is -2.37. The molecule has 24 heavy (non-hydrogen) atoms. The number of nitrogens with one attached hydrogen (secondary N) is 1. The summed E-state index contributed by atoms with van der Waals surface area (Å²) in [5.74, 6) is -0.0141. The highest BCUT2D eigenvalue weighted by Gasteiger charge is 2.35. The molecule has 0 atom stereocenters. The van der Waals surface area contributed by atoms with Crippen molar-refractivity contribution >= 4 is 22.9 Å². The van der Waals surface area contributed by atoms with Gasteiger partial charge in [-0.1, -0.05) is 6.07 Å². The van der Waals surface area contributed by atoms with Gasteiger partial charge in [0.1, 0.15) is 0 Å². The fourth-order valence-corrected chi connectivity index (χ4v) is 3.95. The standard InChI is InChI=1S/C19H24N2O2S/c1-21(2)17-5-3-4-15(12-17)18(22)20-14-19(7-9-23-10-8-19)16-6-11-24-13-16/h3-6,11-13H,7-10,14H2,1-2H3,(H,20,22). The predicted octanol–water partition coefficient (Wildman–Crippen LogP) is 3.29. The molecule has 3 rings (SSSR count). The van der Waals surface area contributed by atoms with Crippen LogP contribution in [0.2, 0.25) is 0 Å². The topological polar surface area (TPSA) is 41.6 Å². The van der Waals surface area contributed by atoms with Crippen molar-refractivity contribution < 1.29 is 9.53 Å². The predicted molar refractivity (Wildman–Crippen MR) is 99.2 cm³/mol. The summed E-state index contributed by atoms with van der Waals surface area (Å²) < 4.78 is 5.54. The van der Waals surface area contributed by atoms with Gasteiger partial charge in [0.25, 0.3) is 5.91 Å². The fourth-order valence-electron chi connectivity index (χ4n) is 3.17. The monoisotopic (exact) mass is 344 g/mol. The highest BCUT2D eigenvalue weighted by molar-refractivity contribution is 7.08. The lowest BCUT2D eigenvalue weighted by atomic mass is 9.75. The molecular weight excluding hydrogens is 320 g/mol. The number of ether oxygens (including phenoxy) is 1. The SMILES string of the molecule is CN(C)c1cccc(C(=O)NCC2(c3ccsc3)CCOCC2)c1. The molecule has 1 amide bonds. The second kappa shape index (κ2) is 7.36. The van der Waals surface area contributed by atoms with Crippen LogP contribution in [-0.2, 0) is 10.2 Å². The number of hydrogen-bond donors (Lipinski definition) is 1. The molecule has 1 aromatic heterocycles. The maximum Gasteiger partial charge on any atom is 0.251 e. The molecule has 0 bridgehead atoms. The highest BCUT2D eigenvalue weighted by Crippen LogP contribution is 2.35. The van der Waals surface area contributed by atoms with Crippen LogP contribution in [-0.4, -0.2) is 39.8 Å². The molecule has 0 saturated carbocycles. The van der Waals surface area contributed by atoms with E-state index in [1.165, 1.54) is 5.56 Å². The summed E-state index contributed by atoms with van der Waals surface area (Å²) in [6.45, 7) is 2.15. The summed E-state index contributed by atoms with van der Waals surface area (Å²) in [6, 6.07) is 9.89. The van der Waals surface area contributed by atoms with Gasteiger partial charge < -0.3 is 15.0 Å². The van der Waals surface area contributed by atoms with E-state index >= 15 is 0 Å². The molecule has 0 spiro atoms. The van der Waals surface area contributed by atoms with Crippen LogP contribution in [0.4, 0.5) is 5.69 Å². The first-order chi connectivity index (χ1) is 11.6. The van der Waals surface area contributed by atoms with Crippen LogP contribution in [0.3, 0.4) is 0 Å². The lowest BCUT2D eigenvalue weighted by Crippen LogP contribution is -2.44. The number of thiophene rings is 1. The average molecular weight is 344 g/mol. The van der Waals surface area contributed by atoms with E-state index < -0.39 is 0 Å². The van der Waals surface area contributed by atoms with E-state index in [0.29, 0.717) is 12.1 Å². The summed E-state index contributed by atoms with van der Waals surface area (Å²) in [5, 5.41) is 7.46. The Labute approximate surface area is 147 Å². The van der Waals surface area contributed by atoms with Gasteiger partial charge in [0.05, 0.1) is 0 Å².